The second-order valence-corrected chi connectivity index (χ2v) is 10.0. The number of halogens is 3. The summed E-state index contributed by atoms with van der Waals surface area (Å²) in [4.78, 5) is 10.3. The van der Waals surface area contributed by atoms with E-state index in [1.165, 1.54) is 18.5 Å². The van der Waals surface area contributed by atoms with E-state index in [0.717, 1.165) is 17.4 Å². The van der Waals surface area contributed by atoms with E-state index in [0.29, 0.717) is 64.7 Å². The third-order valence-corrected chi connectivity index (χ3v) is 7.25. The number of morpholine rings is 1. The Balaban J connectivity index is 1.24. The van der Waals surface area contributed by atoms with Crippen molar-refractivity contribution in [2.24, 2.45) is 0 Å². The molecule has 6 rings (SSSR count). The molecule has 2 fully saturated rings. The first kappa shape index (κ1) is 23.4. The third-order valence-electron chi connectivity index (χ3n) is 6.65. The summed E-state index contributed by atoms with van der Waals surface area (Å²) in [5.41, 5.74) is 2.50. The van der Waals surface area contributed by atoms with Crippen LogP contribution in [0.3, 0.4) is 0 Å². The minimum atomic E-state index is -0.414. The number of benzene rings is 1. The van der Waals surface area contributed by atoms with Crippen molar-refractivity contribution < 1.29 is 13.9 Å². The summed E-state index contributed by atoms with van der Waals surface area (Å²) in [5.74, 6) is 0.540. The number of H-pyrrole nitrogens is 1. The molecular formula is C25H23Cl2FN6O2. The second kappa shape index (κ2) is 9.15. The number of aromatic nitrogens is 4. The SMILES string of the molecule is C[C@@H](Oc1ccc2[nH]nc(-c3cnc(N4CC5(COCCN5)C4)c(F)c3)c2c1)c1c(Cl)cncc1Cl. The Kier molecular flexibility index (Phi) is 5.95. The van der Waals surface area contributed by atoms with Crippen LogP contribution < -0.4 is 15.0 Å². The average Bonchev–Trinajstić information content (AvgIpc) is 3.26. The van der Waals surface area contributed by atoms with Gasteiger partial charge in [-0.15, -0.1) is 0 Å². The molecule has 5 heterocycles. The first-order valence-electron chi connectivity index (χ1n) is 11.6. The number of hydrogen-bond acceptors (Lipinski definition) is 7. The van der Waals surface area contributed by atoms with E-state index >= 15 is 4.39 Å². The van der Waals surface area contributed by atoms with E-state index in [1.54, 1.807) is 6.20 Å². The number of hydrogen-bond donors (Lipinski definition) is 2. The minimum Gasteiger partial charge on any atom is -0.486 e. The van der Waals surface area contributed by atoms with Crippen molar-refractivity contribution in [2.45, 2.75) is 18.6 Å². The van der Waals surface area contributed by atoms with Crippen LogP contribution in [0.4, 0.5) is 10.2 Å². The third kappa shape index (κ3) is 4.16. The van der Waals surface area contributed by atoms with Gasteiger partial charge in [0.2, 0.25) is 0 Å². The van der Waals surface area contributed by atoms with Crippen LogP contribution in [0.2, 0.25) is 10.0 Å². The lowest BCUT2D eigenvalue weighted by Crippen LogP contribution is -2.74. The summed E-state index contributed by atoms with van der Waals surface area (Å²) < 4.78 is 26.8. The van der Waals surface area contributed by atoms with Gasteiger partial charge < -0.3 is 19.7 Å². The standard InChI is InChI=1S/C25H23Cl2FN6O2/c1-14(22-18(26)9-29-10-19(22)27)36-16-2-3-21-17(7-16)23(33-32-21)15-6-20(28)24(30-8-15)34-11-25(12-34)13-35-5-4-31-25/h2-3,6-10,14,31H,4-5,11-13H2,1H3,(H,32,33)/t14-/m1/s1. The topological polar surface area (TPSA) is 88.2 Å². The van der Waals surface area contributed by atoms with E-state index in [9.17, 15) is 0 Å². The number of nitrogens with one attached hydrogen (secondary N) is 2. The van der Waals surface area contributed by atoms with Gasteiger partial charge in [-0.05, 0) is 31.2 Å². The van der Waals surface area contributed by atoms with Crippen molar-refractivity contribution in [2.75, 3.05) is 37.7 Å². The highest BCUT2D eigenvalue weighted by Crippen LogP contribution is 2.36. The lowest BCUT2D eigenvalue weighted by molar-refractivity contribution is 0.0133. The van der Waals surface area contributed by atoms with E-state index in [2.05, 4.69) is 25.5 Å². The molecule has 11 heteroatoms. The summed E-state index contributed by atoms with van der Waals surface area (Å²) in [6, 6.07) is 7.02. The highest BCUT2D eigenvalue weighted by Gasteiger charge is 2.45. The molecule has 2 saturated heterocycles. The lowest BCUT2D eigenvalue weighted by Gasteiger charge is -2.52. The number of ether oxygens (including phenoxy) is 2. The van der Waals surface area contributed by atoms with E-state index in [1.807, 2.05) is 30.0 Å². The van der Waals surface area contributed by atoms with Crippen LogP contribution >= 0.6 is 23.2 Å². The Bertz CT molecular complexity index is 1410. The van der Waals surface area contributed by atoms with Crippen LogP contribution in [0.5, 0.6) is 5.75 Å². The highest BCUT2D eigenvalue weighted by molar-refractivity contribution is 6.35. The average molecular weight is 529 g/mol. The van der Waals surface area contributed by atoms with Crippen LogP contribution in [-0.4, -0.2) is 58.6 Å². The van der Waals surface area contributed by atoms with Gasteiger partial charge in [0.05, 0.1) is 34.3 Å². The van der Waals surface area contributed by atoms with Crippen LogP contribution in [0.1, 0.15) is 18.6 Å². The quantitative estimate of drug-likeness (QED) is 0.385. The molecule has 2 aliphatic heterocycles. The Morgan fingerprint density at radius 3 is 2.69 bits per heavy atom. The zero-order chi connectivity index (χ0) is 24.9. The molecule has 0 saturated carbocycles. The Hall–Kier alpha value is -2.98. The maximum atomic E-state index is 15.1. The van der Waals surface area contributed by atoms with Gasteiger partial charge in [0, 0.05) is 54.7 Å². The predicted molar refractivity (Wildman–Crippen MR) is 136 cm³/mol. The molecule has 2 aliphatic rings. The summed E-state index contributed by atoms with van der Waals surface area (Å²) in [5, 5.41) is 12.5. The van der Waals surface area contributed by atoms with Gasteiger partial charge in [-0.25, -0.2) is 9.37 Å². The lowest BCUT2D eigenvalue weighted by atomic mass is 9.89. The summed E-state index contributed by atoms with van der Waals surface area (Å²) in [6.07, 6.45) is 4.30. The molecule has 186 valence electrons. The molecule has 2 N–H and O–H groups in total. The second-order valence-electron chi connectivity index (χ2n) is 9.20. The maximum Gasteiger partial charge on any atom is 0.166 e. The molecule has 1 aromatic carbocycles. The summed E-state index contributed by atoms with van der Waals surface area (Å²) in [6.45, 7) is 5.32. The van der Waals surface area contributed by atoms with Crippen molar-refractivity contribution in [1.82, 2.24) is 25.5 Å². The van der Waals surface area contributed by atoms with Crippen LogP contribution in [0.25, 0.3) is 22.2 Å². The summed E-state index contributed by atoms with van der Waals surface area (Å²) >= 11 is 12.6. The number of nitrogens with zero attached hydrogens (tertiary/aromatic N) is 4. The van der Waals surface area contributed by atoms with Gasteiger partial charge >= 0.3 is 0 Å². The zero-order valence-corrected chi connectivity index (χ0v) is 20.9. The fourth-order valence-corrected chi connectivity index (χ4v) is 5.57. The van der Waals surface area contributed by atoms with Crippen LogP contribution in [0.15, 0.2) is 42.9 Å². The normalized spacial score (nSPS) is 17.8. The Labute approximate surface area is 216 Å². The largest absolute Gasteiger partial charge is 0.486 e. The first-order valence-corrected chi connectivity index (χ1v) is 12.4. The first-order chi connectivity index (χ1) is 17.4. The molecule has 1 atom stereocenters. The van der Waals surface area contributed by atoms with Gasteiger partial charge in [0.15, 0.2) is 11.6 Å². The van der Waals surface area contributed by atoms with Gasteiger partial charge in [-0.3, -0.25) is 10.1 Å². The van der Waals surface area contributed by atoms with E-state index in [-0.39, 0.29) is 5.54 Å². The molecule has 3 aromatic heterocycles. The van der Waals surface area contributed by atoms with E-state index in [4.69, 9.17) is 32.7 Å². The molecule has 4 aromatic rings. The fraction of sp³-hybridized carbons (Fsp3) is 0.320. The molecule has 1 spiro atoms. The van der Waals surface area contributed by atoms with Crippen LogP contribution in [-0.2, 0) is 4.74 Å². The Morgan fingerprint density at radius 1 is 1.17 bits per heavy atom. The monoisotopic (exact) mass is 528 g/mol. The number of fused-ring (bicyclic) bond motifs is 1. The molecule has 0 bridgehead atoms. The Morgan fingerprint density at radius 2 is 1.97 bits per heavy atom. The summed E-state index contributed by atoms with van der Waals surface area (Å²) in [7, 11) is 0. The smallest absolute Gasteiger partial charge is 0.166 e. The molecule has 0 radical (unpaired) electrons. The van der Waals surface area contributed by atoms with Crippen molar-refractivity contribution in [3.05, 3.63) is 64.3 Å². The maximum absolute atomic E-state index is 15.1. The van der Waals surface area contributed by atoms with Gasteiger partial charge in [-0.1, -0.05) is 23.2 Å². The van der Waals surface area contributed by atoms with Crippen molar-refractivity contribution in [3.8, 4) is 17.0 Å². The van der Waals surface area contributed by atoms with Crippen molar-refractivity contribution in [1.29, 1.82) is 0 Å². The molecule has 0 amide bonds. The van der Waals surface area contributed by atoms with Crippen molar-refractivity contribution in [3.63, 3.8) is 0 Å². The zero-order valence-electron chi connectivity index (χ0n) is 19.4. The van der Waals surface area contributed by atoms with Gasteiger partial charge in [0.1, 0.15) is 17.5 Å². The van der Waals surface area contributed by atoms with E-state index < -0.39 is 11.9 Å². The minimum absolute atomic E-state index is 0.109. The molecule has 0 unspecified atom stereocenters. The highest BCUT2D eigenvalue weighted by atomic mass is 35.5. The van der Waals surface area contributed by atoms with Crippen LogP contribution in [0, 0.1) is 5.82 Å². The molecule has 0 aliphatic carbocycles. The molecule has 8 nitrogen and oxygen atoms in total. The molecule has 36 heavy (non-hydrogen) atoms. The van der Waals surface area contributed by atoms with Crippen molar-refractivity contribution >= 4 is 39.9 Å². The number of anilines is 1. The van der Waals surface area contributed by atoms with Gasteiger partial charge in [0.25, 0.3) is 0 Å². The van der Waals surface area contributed by atoms with Gasteiger partial charge in [-0.2, -0.15) is 5.10 Å². The number of pyridine rings is 2. The number of rotatable bonds is 5. The number of aromatic amines is 1. The predicted octanol–water partition coefficient (Wildman–Crippen LogP) is 4.78. The molecular weight excluding hydrogens is 506 g/mol. The fourth-order valence-electron chi connectivity index (χ4n) is 4.90.